The number of benzene rings is 3. The Morgan fingerprint density at radius 3 is 2.57 bits per heavy atom. The highest BCUT2D eigenvalue weighted by atomic mass is 16.5. The van der Waals surface area contributed by atoms with E-state index >= 15 is 0 Å². The molecule has 5 heteroatoms. The summed E-state index contributed by atoms with van der Waals surface area (Å²) in [6.07, 6.45) is 1.97. The second-order valence-corrected chi connectivity index (χ2v) is 6.21. The highest BCUT2D eigenvalue weighted by Gasteiger charge is 2.17. The summed E-state index contributed by atoms with van der Waals surface area (Å²) in [7, 11) is 1.58. The molecule has 0 aliphatic carbocycles. The van der Waals surface area contributed by atoms with Crippen LogP contribution in [0, 0.1) is 0 Å². The molecule has 1 N–H and O–H groups in total. The lowest BCUT2D eigenvalue weighted by Gasteiger charge is -2.14. The minimum absolute atomic E-state index is 0.389. The van der Waals surface area contributed by atoms with Gasteiger partial charge in [0.1, 0.15) is 5.75 Å². The van der Waals surface area contributed by atoms with E-state index in [1.165, 1.54) is 13.0 Å². The van der Waals surface area contributed by atoms with E-state index in [1.807, 2.05) is 60.7 Å². The molecule has 0 heterocycles. The molecule has 0 bridgehead atoms. The average molecular weight is 375 g/mol. The first-order chi connectivity index (χ1) is 13.6. The summed E-state index contributed by atoms with van der Waals surface area (Å²) >= 11 is 0. The van der Waals surface area contributed by atoms with Crippen molar-refractivity contribution in [1.82, 2.24) is 0 Å². The monoisotopic (exact) mass is 375 g/mol. The fourth-order valence-corrected chi connectivity index (χ4v) is 2.75. The molecule has 1 amide bonds. The molecule has 28 heavy (non-hydrogen) atoms. The van der Waals surface area contributed by atoms with Crippen molar-refractivity contribution in [2.75, 3.05) is 12.4 Å². The maximum Gasteiger partial charge on any atom is 0.331 e. The lowest BCUT2D eigenvalue weighted by Crippen LogP contribution is -2.29. The van der Waals surface area contributed by atoms with Gasteiger partial charge in [0.05, 0.1) is 7.11 Å². The topological polar surface area (TPSA) is 64.6 Å². The van der Waals surface area contributed by atoms with Crippen LogP contribution in [0.15, 0.2) is 72.8 Å². The first kappa shape index (κ1) is 19.2. The van der Waals surface area contributed by atoms with Crippen molar-refractivity contribution in [3.8, 4) is 5.75 Å². The lowest BCUT2D eigenvalue weighted by molar-refractivity contribution is -0.148. The van der Waals surface area contributed by atoms with Crippen LogP contribution >= 0.6 is 0 Å². The van der Waals surface area contributed by atoms with Crippen LogP contribution < -0.4 is 10.1 Å². The maximum absolute atomic E-state index is 12.4. The van der Waals surface area contributed by atoms with Crippen LogP contribution in [0.4, 0.5) is 5.69 Å². The molecule has 142 valence electrons. The summed E-state index contributed by atoms with van der Waals surface area (Å²) in [5.41, 5.74) is 1.47. The van der Waals surface area contributed by atoms with Crippen molar-refractivity contribution in [2.24, 2.45) is 0 Å². The van der Waals surface area contributed by atoms with Gasteiger partial charge in [0.15, 0.2) is 6.10 Å². The number of carbonyl (C=O) groups is 2. The van der Waals surface area contributed by atoms with Crippen molar-refractivity contribution < 1.29 is 19.1 Å². The Morgan fingerprint density at radius 1 is 1.00 bits per heavy atom. The van der Waals surface area contributed by atoms with Gasteiger partial charge in [-0.3, -0.25) is 4.79 Å². The zero-order valence-electron chi connectivity index (χ0n) is 15.7. The van der Waals surface area contributed by atoms with Crippen molar-refractivity contribution in [2.45, 2.75) is 13.0 Å². The molecule has 3 rings (SSSR count). The number of anilines is 1. The van der Waals surface area contributed by atoms with Crippen molar-refractivity contribution in [1.29, 1.82) is 0 Å². The molecule has 0 aliphatic rings. The molecule has 0 radical (unpaired) electrons. The molecule has 0 saturated carbocycles. The van der Waals surface area contributed by atoms with Crippen LogP contribution in [0.1, 0.15) is 12.5 Å². The van der Waals surface area contributed by atoms with E-state index < -0.39 is 12.1 Å². The standard InChI is InChI=1S/C23H21NO4/c1-16(28-22(25)14-13-17-7-5-10-19(15-17)27-2)23(26)24-21-12-6-9-18-8-3-4-11-20(18)21/h3-16H,1-2H3,(H,24,26)/b14-13+/t16-/m1/s1. The molecule has 0 aromatic heterocycles. The van der Waals surface area contributed by atoms with E-state index in [-0.39, 0.29) is 5.91 Å². The number of nitrogens with one attached hydrogen (secondary N) is 1. The van der Waals surface area contributed by atoms with Gasteiger partial charge in [0.25, 0.3) is 5.91 Å². The third kappa shape index (κ3) is 4.76. The minimum atomic E-state index is -0.929. The van der Waals surface area contributed by atoms with Gasteiger partial charge in [0.2, 0.25) is 0 Å². The Bertz CT molecular complexity index is 1020. The van der Waals surface area contributed by atoms with Crippen LogP contribution in [-0.4, -0.2) is 25.1 Å². The van der Waals surface area contributed by atoms with E-state index in [9.17, 15) is 9.59 Å². The molecule has 0 unspecified atom stereocenters. The smallest absolute Gasteiger partial charge is 0.331 e. The third-order valence-corrected chi connectivity index (χ3v) is 4.22. The Morgan fingerprint density at radius 2 is 1.75 bits per heavy atom. The molecule has 3 aromatic rings. The number of amides is 1. The SMILES string of the molecule is COc1cccc(/C=C/C(=O)O[C@H](C)C(=O)Nc2cccc3ccccc23)c1. The summed E-state index contributed by atoms with van der Waals surface area (Å²) in [4.78, 5) is 24.5. The summed E-state index contributed by atoms with van der Waals surface area (Å²) in [5.74, 6) is -0.291. The van der Waals surface area contributed by atoms with Crippen LogP contribution in [0.5, 0.6) is 5.75 Å². The second kappa shape index (κ2) is 8.86. The van der Waals surface area contributed by atoms with Crippen LogP contribution in [-0.2, 0) is 14.3 Å². The zero-order chi connectivity index (χ0) is 19.9. The largest absolute Gasteiger partial charge is 0.497 e. The van der Waals surface area contributed by atoms with E-state index in [0.717, 1.165) is 16.3 Å². The van der Waals surface area contributed by atoms with Gasteiger partial charge in [-0.1, -0.05) is 48.5 Å². The Kier molecular flexibility index (Phi) is 6.07. The summed E-state index contributed by atoms with van der Waals surface area (Å²) in [6.45, 7) is 1.54. The van der Waals surface area contributed by atoms with Crippen molar-refractivity contribution in [3.63, 3.8) is 0 Å². The van der Waals surface area contributed by atoms with Crippen LogP contribution in [0.2, 0.25) is 0 Å². The highest BCUT2D eigenvalue weighted by molar-refractivity contribution is 6.04. The molecule has 3 aromatic carbocycles. The van der Waals surface area contributed by atoms with E-state index in [2.05, 4.69) is 5.32 Å². The molecule has 0 saturated heterocycles. The van der Waals surface area contributed by atoms with Gasteiger partial charge >= 0.3 is 5.97 Å². The number of ether oxygens (including phenoxy) is 2. The molecule has 1 atom stereocenters. The number of rotatable bonds is 6. The molecule has 0 spiro atoms. The molecule has 5 nitrogen and oxygen atoms in total. The Hall–Kier alpha value is -3.60. The predicted molar refractivity (Wildman–Crippen MR) is 110 cm³/mol. The fourth-order valence-electron chi connectivity index (χ4n) is 2.75. The number of carbonyl (C=O) groups excluding carboxylic acids is 2. The first-order valence-electron chi connectivity index (χ1n) is 8.88. The predicted octanol–water partition coefficient (Wildman–Crippen LogP) is 4.43. The van der Waals surface area contributed by atoms with E-state index in [4.69, 9.17) is 9.47 Å². The maximum atomic E-state index is 12.4. The van der Waals surface area contributed by atoms with Gasteiger partial charge < -0.3 is 14.8 Å². The molecule has 0 fully saturated rings. The summed E-state index contributed by atoms with van der Waals surface area (Å²) < 4.78 is 10.3. The number of hydrogen-bond donors (Lipinski definition) is 1. The number of hydrogen-bond acceptors (Lipinski definition) is 4. The van der Waals surface area contributed by atoms with Crippen LogP contribution in [0.25, 0.3) is 16.8 Å². The Balaban J connectivity index is 1.61. The normalized spacial score (nSPS) is 11.9. The molecule has 0 aliphatic heterocycles. The highest BCUT2D eigenvalue weighted by Crippen LogP contribution is 2.23. The van der Waals surface area contributed by atoms with Crippen molar-refractivity contribution >= 4 is 34.4 Å². The number of methoxy groups -OCH3 is 1. The van der Waals surface area contributed by atoms with Gasteiger partial charge in [-0.15, -0.1) is 0 Å². The average Bonchev–Trinajstić information content (AvgIpc) is 2.72. The van der Waals surface area contributed by atoms with Gasteiger partial charge in [-0.2, -0.15) is 0 Å². The van der Waals surface area contributed by atoms with Gasteiger partial charge in [-0.05, 0) is 42.1 Å². The van der Waals surface area contributed by atoms with Gasteiger partial charge in [0, 0.05) is 17.1 Å². The van der Waals surface area contributed by atoms with E-state index in [1.54, 1.807) is 19.3 Å². The second-order valence-electron chi connectivity index (χ2n) is 6.21. The fraction of sp³-hybridized carbons (Fsp3) is 0.130. The first-order valence-corrected chi connectivity index (χ1v) is 8.88. The van der Waals surface area contributed by atoms with E-state index in [0.29, 0.717) is 11.4 Å². The Labute approximate surface area is 163 Å². The quantitative estimate of drug-likeness (QED) is 0.511. The lowest BCUT2D eigenvalue weighted by atomic mass is 10.1. The number of fused-ring (bicyclic) bond motifs is 1. The minimum Gasteiger partial charge on any atom is -0.497 e. The third-order valence-electron chi connectivity index (χ3n) is 4.22. The summed E-state index contributed by atoms with van der Waals surface area (Å²) in [6, 6.07) is 20.7. The van der Waals surface area contributed by atoms with Gasteiger partial charge in [-0.25, -0.2) is 4.79 Å². The zero-order valence-corrected chi connectivity index (χ0v) is 15.7. The van der Waals surface area contributed by atoms with Crippen LogP contribution in [0.3, 0.4) is 0 Å². The van der Waals surface area contributed by atoms with Crippen molar-refractivity contribution in [3.05, 3.63) is 78.4 Å². The molecular formula is C23H21NO4. The number of esters is 1. The molecular weight excluding hydrogens is 354 g/mol. The summed E-state index contributed by atoms with van der Waals surface area (Å²) in [5, 5.41) is 4.77.